The van der Waals surface area contributed by atoms with Crippen LogP contribution in [-0.2, 0) is 0 Å². The van der Waals surface area contributed by atoms with Gasteiger partial charge in [-0.3, -0.25) is 4.79 Å². The van der Waals surface area contributed by atoms with Gasteiger partial charge < -0.3 is 9.80 Å². The van der Waals surface area contributed by atoms with Crippen molar-refractivity contribution in [2.24, 2.45) is 0 Å². The molecule has 0 spiro atoms. The molecule has 0 unspecified atom stereocenters. The van der Waals surface area contributed by atoms with E-state index in [4.69, 9.17) is 0 Å². The number of thiophene rings is 2. The highest BCUT2D eigenvalue weighted by Gasteiger charge is 2.21. The highest BCUT2D eigenvalue weighted by molar-refractivity contribution is 7.17. The van der Waals surface area contributed by atoms with Crippen LogP contribution in [0, 0.1) is 0 Å². The summed E-state index contributed by atoms with van der Waals surface area (Å²) in [4.78, 5) is 26.1. The summed E-state index contributed by atoms with van der Waals surface area (Å²) < 4.78 is 0. The molecule has 112 valence electrons. The van der Waals surface area contributed by atoms with E-state index >= 15 is 0 Å². The zero-order chi connectivity index (χ0) is 14.9. The van der Waals surface area contributed by atoms with E-state index in [2.05, 4.69) is 31.2 Å². The van der Waals surface area contributed by atoms with Gasteiger partial charge >= 0.3 is 0 Å². The first-order chi connectivity index (χ1) is 10.8. The van der Waals surface area contributed by atoms with Gasteiger partial charge in [0.25, 0.3) is 0 Å². The third-order valence-electron chi connectivity index (χ3n) is 3.86. The van der Waals surface area contributed by atoms with Crippen LogP contribution < -0.4 is 9.80 Å². The second-order valence-corrected chi connectivity index (χ2v) is 7.09. The molecular weight excluding hydrogens is 316 g/mol. The molecule has 22 heavy (non-hydrogen) atoms. The molecule has 0 bridgehead atoms. The van der Waals surface area contributed by atoms with Crippen LogP contribution in [0.3, 0.4) is 0 Å². The quantitative estimate of drug-likeness (QED) is 0.691. The number of fused-ring (bicyclic) bond motifs is 1. The lowest BCUT2D eigenvalue weighted by molar-refractivity contribution is 0.112. The highest BCUT2D eigenvalue weighted by atomic mass is 32.1. The lowest BCUT2D eigenvalue weighted by atomic mass is 10.3. The van der Waals surface area contributed by atoms with Crippen molar-refractivity contribution in [2.75, 3.05) is 36.0 Å². The van der Waals surface area contributed by atoms with Crippen molar-refractivity contribution in [3.63, 3.8) is 0 Å². The molecule has 0 radical (unpaired) electrons. The Bertz CT molecular complexity index is 805. The van der Waals surface area contributed by atoms with Gasteiger partial charge in [-0.05, 0) is 23.6 Å². The number of nitrogens with zero attached hydrogens (tertiary/aromatic N) is 4. The van der Waals surface area contributed by atoms with Crippen LogP contribution >= 0.6 is 22.7 Å². The number of rotatable bonds is 3. The van der Waals surface area contributed by atoms with Crippen molar-refractivity contribution in [1.82, 2.24) is 9.97 Å². The number of anilines is 2. The van der Waals surface area contributed by atoms with Gasteiger partial charge in [0.15, 0.2) is 6.29 Å². The number of carbonyl (C=O) groups excluding carboxylic acids is 1. The van der Waals surface area contributed by atoms with Crippen LogP contribution in [0.1, 0.15) is 9.67 Å². The average molecular weight is 330 g/mol. The number of hydrogen-bond donors (Lipinski definition) is 0. The minimum Gasteiger partial charge on any atom is -0.360 e. The Kier molecular flexibility index (Phi) is 3.51. The standard InChI is InChI=1S/C15H14N4OS2/c20-9-11-1-2-13(22-11)18-4-6-19(7-5-18)14-12-3-8-21-15(12)17-10-16-14/h1-3,8-10H,4-7H2. The molecule has 0 N–H and O–H groups in total. The van der Waals surface area contributed by atoms with Crippen molar-refractivity contribution >= 4 is 50.0 Å². The first kappa shape index (κ1) is 13.7. The van der Waals surface area contributed by atoms with Gasteiger partial charge in [0.05, 0.1) is 15.3 Å². The van der Waals surface area contributed by atoms with Crippen LogP contribution in [-0.4, -0.2) is 42.4 Å². The lowest BCUT2D eigenvalue weighted by Gasteiger charge is -2.36. The topological polar surface area (TPSA) is 49.3 Å². The Morgan fingerprint density at radius 1 is 1.05 bits per heavy atom. The van der Waals surface area contributed by atoms with Gasteiger partial charge in [0.2, 0.25) is 0 Å². The van der Waals surface area contributed by atoms with Crippen molar-refractivity contribution in [3.05, 3.63) is 34.8 Å². The molecule has 1 saturated heterocycles. The normalized spacial score (nSPS) is 15.5. The van der Waals surface area contributed by atoms with Gasteiger partial charge in [-0.1, -0.05) is 0 Å². The molecule has 1 aliphatic rings. The van der Waals surface area contributed by atoms with Gasteiger partial charge in [0, 0.05) is 26.2 Å². The second-order valence-electron chi connectivity index (χ2n) is 5.10. The SMILES string of the molecule is O=Cc1ccc(N2CCN(c3ncnc4sccc34)CC2)s1. The molecule has 1 aliphatic heterocycles. The summed E-state index contributed by atoms with van der Waals surface area (Å²) in [6.07, 6.45) is 2.56. The van der Waals surface area contributed by atoms with Crippen LogP contribution in [0.15, 0.2) is 29.9 Å². The molecule has 3 aromatic rings. The van der Waals surface area contributed by atoms with Crippen molar-refractivity contribution in [1.29, 1.82) is 0 Å². The van der Waals surface area contributed by atoms with E-state index in [1.807, 2.05) is 12.1 Å². The predicted molar refractivity (Wildman–Crippen MR) is 91.5 cm³/mol. The molecule has 4 rings (SSSR count). The van der Waals surface area contributed by atoms with Gasteiger partial charge in [0.1, 0.15) is 17.0 Å². The maximum absolute atomic E-state index is 10.8. The van der Waals surface area contributed by atoms with E-state index in [1.165, 1.54) is 5.00 Å². The molecule has 0 aliphatic carbocycles. The maximum atomic E-state index is 10.8. The third kappa shape index (κ3) is 2.36. The molecule has 4 heterocycles. The molecule has 0 amide bonds. The largest absolute Gasteiger partial charge is 0.360 e. The van der Waals surface area contributed by atoms with E-state index in [9.17, 15) is 4.79 Å². The summed E-state index contributed by atoms with van der Waals surface area (Å²) in [5.74, 6) is 1.03. The van der Waals surface area contributed by atoms with E-state index < -0.39 is 0 Å². The zero-order valence-corrected chi connectivity index (χ0v) is 13.4. The van der Waals surface area contributed by atoms with Crippen molar-refractivity contribution in [2.45, 2.75) is 0 Å². The first-order valence-electron chi connectivity index (χ1n) is 7.08. The van der Waals surface area contributed by atoms with Crippen LogP contribution in [0.2, 0.25) is 0 Å². The van der Waals surface area contributed by atoms with Gasteiger partial charge in [-0.2, -0.15) is 0 Å². The Morgan fingerprint density at radius 2 is 1.86 bits per heavy atom. The Hall–Kier alpha value is -1.99. The van der Waals surface area contributed by atoms with E-state index in [1.54, 1.807) is 29.0 Å². The van der Waals surface area contributed by atoms with E-state index in [-0.39, 0.29) is 0 Å². The third-order valence-corrected chi connectivity index (χ3v) is 5.75. The minimum atomic E-state index is 0.785. The van der Waals surface area contributed by atoms with Crippen LogP contribution in [0.25, 0.3) is 10.2 Å². The molecule has 0 saturated carbocycles. The summed E-state index contributed by atoms with van der Waals surface area (Å²) >= 11 is 3.20. The molecule has 1 fully saturated rings. The maximum Gasteiger partial charge on any atom is 0.160 e. The number of aromatic nitrogens is 2. The molecular formula is C15H14N4OS2. The van der Waals surface area contributed by atoms with Crippen LogP contribution in [0.4, 0.5) is 10.8 Å². The minimum absolute atomic E-state index is 0.785. The fourth-order valence-corrected chi connectivity index (χ4v) is 4.34. The molecule has 7 heteroatoms. The fourth-order valence-electron chi connectivity index (χ4n) is 2.74. The van der Waals surface area contributed by atoms with E-state index in [0.29, 0.717) is 0 Å². The van der Waals surface area contributed by atoms with Crippen molar-refractivity contribution in [3.8, 4) is 0 Å². The summed E-state index contributed by atoms with van der Waals surface area (Å²) in [5, 5.41) is 4.37. The summed E-state index contributed by atoms with van der Waals surface area (Å²) in [6, 6.07) is 6.02. The predicted octanol–water partition coefficient (Wildman–Crippen LogP) is 2.89. The monoisotopic (exact) mass is 330 g/mol. The summed E-state index contributed by atoms with van der Waals surface area (Å²) in [6.45, 7) is 3.73. The smallest absolute Gasteiger partial charge is 0.160 e. The van der Waals surface area contributed by atoms with Crippen LogP contribution in [0.5, 0.6) is 0 Å². The Labute approximate surface area is 135 Å². The average Bonchev–Trinajstić information content (AvgIpc) is 3.23. The lowest BCUT2D eigenvalue weighted by Crippen LogP contribution is -2.46. The second kappa shape index (κ2) is 5.66. The summed E-state index contributed by atoms with van der Waals surface area (Å²) in [7, 11) is 0. The van der Waals surface area contributed by atoms with E-state index in [0.717, 1.165) is 53.4 Å². The molecule has 3 aromatic heterocycles. The van der Waals surface area contributed by atoms with Gasteiger partial charge in [-0.25, -0.2) is 9.97 Å². The molecule has 0 atom stereocenters. The highest BCUT2D eigenvalue weighted by Crippen LogP contribution is 2.30. The summed E-state index contributed by atoms with van der Waals surface area (Å²) in [5.41, 5.74) is 0. The number of piperazine rings is 1. The Morgan fingerprint density at radius 3 is 2.64 bits per heavy atom. The zero-order valence-electron chi connectivity index (χ0n) is 11.8. The fraction of sp³-hybridized carbons (Fsp3) is 0.267. The Balaban J connectivity index is 1.52. The number of carbonyl (C=O) groups is 1. The molecule has 5 nitrogen and oxygen atoms in total. The number of aldehydes is 1. The van der Waals surface area contributed by atoms with Crippen molar-refractivity contribution < 1.29 is 4.79 Å². The number of hydrogen-bond acceptors (Lipinski definition) is 7. The molecule has 0 aromatic carbocycles. The van der Waals surface area contributed by atoms with Gasteiger partial charge in [-0.15, -0.1) is 22.7 Å². The first-order valence-corrected chi connectivity index (χ1v) is 8.78.